The average molecular weight is 432 g/mol. The molecule has 4 rings (SSSR count). The van der Waals surface area contributed by atoms with E-state index >= 15 is 0 Å². The van der Waals surface area contributed by atoms with Gasteiger partial charge in [-0.2, -0.15) is 4.98 Å². The van der Waals surface area contributed by atoms with Gasteiger partial charge in [-0.1, -0.05) is 45.9 Å². The van der Waals surface area contributed by atoms with Crippen LogP contribution in [0.3, 0.4) is 0 Å². The molecule has 0 fully saturated rings. The van der Waals surface area contributed by atoms with Crippen LogP contribution in [0.4, 0.5) is 10.8 Å². The van der Waals surface area contributed by atoms with Gasteiger partial charge in [-0.05, 0) is 36.4 Å². The van der Waals surface area contributed by atoms with E-state index in [0.717, 1.165) is 21.3 Å². The number of thioether (sulfide) groups is 1. The van der Waals surface area contributed by atoms with Gasteiger partial charge < -0.3 is 14.6 Å². The summed E-state index contributed by atoms with van der Waals surface area (Å²) in [7, 11) is 1.63. The molecule has 1 N–H and O–H groups in total. The number of aromatic nitrogens is 4. The van der Waals surface area contributed by atoms with Crippen molar-refractivity contribution in [2.75, 3.05) is 12.4 Å². The lowest BCUT2D eigenvalue weighted by Crippen LogP contribution is -1.90. The third kappa shape index (κ3) is 4.61. The van der Waals surface area contributed by atoms with Crippen molar-refractivity contribution in [1.29, 1.82) is 0 Å². The molecule has 2 aromatic carbocycles. The Morgan fingerprint density at radius 3 is 2.86 bits per heavy atom. The number of hydrogen-bond acceptors (Lipinski definition) is 9. The Hall–Kier alpha value is -2.62. The van der Waals surface area contributed by atoms with Crippen molar-refractivity contribution < 1.29 is 9.26 Å². The van der Waals surface area contributed by atoms with E-state index in [0.29, 0.717) is 27.6 Å². The smallest absolute Gasteiger partial charge is 0.237 e. The molecule has 10 heteroatoms. The lowest BCUT2D eigenvalue weighted by molar-refractivity contribution is 0.391. The van der Waals surface area contributed by atoms with Crippen LogP contribution in [0.1, 0.15) is 5.89 Å². The lowest BCUT2D eigenvalue weighted by atomic mass is 10.2. The summed E-state index contributed by atoms with van der Waals surface area (Å²) in [6, 6.07) is 14.9. The maximum absolute atomic E-state index is 5.90. The predicted octanol–water partition coefficient (Wildman–Crippen LogP) is 5.29. The molecule has 0 atom stereocenters. The molecule has 28 heavy (non-hydrogen) atoms. The van der Waals surface area contributed by atoms with Gasteiger partial charge in [0.15, 0.2) is 4.34 Å². The first-order valence-corrected chi connectivity index (χ1v) is 10.3. The zero-order valence-corrected chi connectivity index (χ0v) is 17.0. The largest absolute Gasteiger partial charge is 0.497 e. The fourth-order valence-electron chi connectivity index (χ4n) is 2.30. The molecule has 0 unspecified atom stereocenters. The van der Waals surface area contributed by atoms with Gasteiger partial charge in [0.25, 0.3) is 0 Å². The van der Waals surface area contributed by atoms with E-state index in [1.54, 1.807) is 19.2 Å². The average Bonchev–Trinajstić information content (AvgIpc) is 3.37. The van der Waals surface area contributed by atoms with Crippen LogP contribution in [0.25, 0.3) is 11.4 Å². The maximum atomic E-state index is 5.90. The quantitative estimate of drug-likeness (QED) is 0.395. The summed E-state index contributed by atoms with van der Waals surface area (Å²) in [5, 5.41) is 16.9. The summed E-state index contributed by atoms with van der Waals surface area (Å²) in [5.74, 6) is 2.34. The van der Waals surface area contributed by atoms with Gasteiger partial charge in [0.1, 0.15) is 5.75 Å². The SMILES string of the molecule is COc1cccc(Nc2nnc(SCc3nc(-c4ccc(Cl)cc4)no3)s2)c1. The second-order valence-corrected chi connectivity index (χ2v) is 8.17. The van der Waals surface area contributed by atoms with Gasteiger partial charge in [-0.25, -0.2) is 0 Å². The van der Waals surface area contributed by atoms with Crippen molar-refractivity contribution in [3.63, 3.8) is 0 Å². The number of methoxy groups -OCH3 is 1. The third-order valence-corrected chi connectivity index (χ3v) is 5.83. The van der Waals surface area contributed by atoms with Crippen LogP contribution in [-0.2, 0) is 5.75 Å². The Balaban J connectivity index is 1.36. The monoisotopic (exact) mass is 431 g/mol. The number of ether oxygens (including phenoxy) is 1. The van der Waals surface area contributed by atoms with Crippen LogP contribution in [0.2, 0.25) is 5.02 Å². The lowest BCUT2D eigenvalue weighted by Gasteiger charge is -2.04. The van der Waals surface area contributed by atoms with Crippen LogP contribution in [-0.4, -0.2) is 27.4 Å². The van der Waals surface area contributed by atoms with E-state index in [2.05, 4.69) is 25.7 Å². The first-order valence-electron chi connectivity index (χ1n) is 8.15. The second-order valence-electron chi connectivity index (χ2n) is 5.54. The Bertz CT molecular complexity index is 1070. The minimum Gasteiger partial charge on any atom is -0.497 e. The van der Waals surface area contributed by atoms with Crippen LogP contribution in [0.5, 0.6) is 5.75 Å². The van der Waals surface area contributed by atoms with Crippen LogP contribution >= 0.6 is 34.7 Å². The van der Waals surface area contributed by atoms with Crippen molar-refractivity contribution in [2.45, 2.75) is 10.1 Å². The van der Waals surface area contributed by atoms with Gasteiger partial charge in [-0.3, -0.25) is 0 Å². The Morgan fingerprint density at radius 1 is 1.18 bits per heavy atom. The van der Waals surface area contributed by atoms with Crippen molar-refractivity contribution in [3.05, 3.63) is 59.4 Å². The third-order valence-electron chi connectivity index (χ3n) is 3.62. The number of anilines is 2. The van der Waals surface area contributed by atoms with Gasteiger partial charge >= 0.3 is 0 Å². The molecule has 142 valence electrons. The summed E-state index contributed by atoms with van der Waals surface area (Å²) >= 11 is 8.84. The number of halogens is 1. The van der Waals surface area contributed by atoms with Crippen molar-refractivity contribution >= 4 is 45.5 Å². The number of nitrogens with zero attached hydrogens (tertiary/aromatic N) is 4. The number of nitrogens with one attached hydrogen (secondary N) is 1. The topological polar surface area (TPSA) is 86.0 Å². The number of hydrogen-bond donors (Lipinski definition) is 1. The fraction of sp³-hybridized carbons (Fsp3) is 0.111. The van der Waals surface area contributed by atoms with E-state index < -0.39 is 0 Å². The maximum Gasteiger partial charge on any atom is 0.237 e. The van der Waals surface area contributed by atoms with E-state index in [4.69, 9.17) is 20.9 Å². The fourth-order valence-corrected chi connectivity index (χ4v) is 4.03. The van der Waals surface area contributed by atoms with E-state index in [1.165, 1.54) is 23.1 Å². The van der Waals surface area contributed by atoms with Gasteiger partial charge in [0.2, 0.25) is 16.8 Å². The van der Waals surface area contributed by atoms with E-state index in [-0.39, 0.29) is 0 Å². The second kappa shape index (κ2) is 8.59. The highest BCUT2D eigenvalue weighted by atomic mass is 35.5. The number of rotatable bonds is 7. The Kier molecular flexibility index (Phi) is 5.75. The molecule has 0 aliphatic rings. The molecule has 0 aliphatic carbocycles. The first kappa shape index (κ1) is 18.7. The van der Waals surface area contributed by atoms with Crippen molar-refractivity contribution in [1.82, 2.24) is 20.3 Å². The zero-order chi connectivity index (χ0) is 19.3. The highest BCUT2D eigenvalue weighted by Crippen LogP contribution is 2.30. The molecule has 0 aliphatic heterocycles. The van der Waals surface area contributed by atoms with Gasteiger partial charge in [-0.15, -0.1) is 10.2 Å². The Morgan fingerprint density at radius 2 is 2.04 bits per heavy atom. The Labute approximate surface area is 174 Å². The normalized spacial score (nSPS) is 10.8. The molecule has 0 saturated carbocycles. The van der Waals surface area contributed by atoms with Crippen LogP contribution in [0, 0.1) is 0 Å². The standard InChI is InChI=1S/C18H14ClN5O2S2/c1-25-14-4-2-3-13(9-14)20-17-22-23-18(28-17)27-10-15-21-16(24-26-15)11-5-7-12(19)8-6-11/h2-9H,10H2,1H3,(H,20,22). The molecule has 0 amide bonds. The molecule has 0 bridgehead atoms. The van der Waals surface area contributed by atoms with Gasteiger partial charge in [0.05, 0.1) is 12.9 Å². The highest BCUT2D eigenvalue weighted by Gasteiger charge is 2.11. The zero-order valence-electron chi connectivity index (χ0n) is 14.6. The molecule has 0 radical (unpaired) electrons. The van der Waals surface area contributed by atoms with Gasteiger partial charge in [0, 0.05) is 22.3 Å². The summed E-state index contributed by atoms with van der Waals surface area (Å²) in [4.78, 5) is 4.40. The predicted molar refractivity (Wildman–Crippen MR) is 110 cm³/mol. The van der Waals surface area contributed by atoms with Crippen molar-refractivity contribution in [3.8, 4) is 17.1 Å². The molecular formula is C18H14ClN5O2S2. The summed E-state index contributed by atoms with van der Waals surface area (Å²) in [5.41, 5.74) is 1.74. The summed E-state index contributed by atoms with van der Waals surface area (Å²) in [6.07, 6.45) is 0. The molecule has 0 spiro atoms. The molecule has 4 aromatic rings. The minimum atomic E-state index is 0.508. The van der Waals surface area contributed by atoms with E-state index in [9.17, 15) is 0 Å². The highest BCUT2D eigenvalue weighted by molar-refractivity contribution is 8.00. The summed E-state index contributed by atoms with van der Waals surface area (Å²) in [6.45, 7) is 0. The van der Waals surface area contributed by atoms with Crippen LogP contribution in [0.15, 0.2) is 57.4 Å². The van der Waals surface area contributed by atoms with Crippen molar-refractivity contribution in [2.24, 2.45) is 0 Å². The molecular weight excluding hydrogens is 418 g/mol. The summed E-state index contributed by atoms with van der Waals surface area (Å²) < 4.78 is 11.3. The molecule has 2 aromatic heterocycles. The molecule has 0 saturated heterocycles. The number of benzene rings is 2. The minimum absolute atomic E-state index is 0.508. The molecule has 7 nitrogen and oxygen atoms in total. The first-order chi connectivity index (χ1) is 13.7. The molecule has 2 heterocycles. The van der Waals surface area contributed by atoms with E-state index in [1.807, 2.05) is 36.4 Å². The van der Waals surface area contributed by atoms with Crippen LogP contribution < -0.4 is 10.1 Å².